The molecule has 1 aromatic carbocycles. The number of rotatable bonds is 4. The van der Waals surface area contributed by atoms with Gasteiger partial charge in [0.2, 0.25) is 0 Å². The summed E-state index contributed by atoms with van der Waals surface area (Å²) in [6.45, 7) is 2.92. The topological polar surface area (TPSA) is 68.0 Å². The largest absolute Gasteiger partial charge is 0.488 e. The van der Waals surface area contributed by atoms with Crippen molar-refractivity contribution >= 4 is 5.69 Å². The lowest BCUT2D eigenvalue weighted by Gasteiger charge is -2.30. The van der Waals surface area contributed by atoms with Crippen LogP contribution >= 0.6 is 0 Å². The summed E-state index contributed by atoms with van der Waals surface area (Å²) in [7, 11) is 1.64. The molecule has 0 saturated heterocycles. The van der Waals surface area contributed by atoms with E-state index in [-0.39, 0.29) is 12.1 Å². The third-order valence-electron chi connectivity index (χ3n) is 2.96. The second-order valence-electron chi connectivity index (χ2n) is 4.72. The van der Waals surface area contributed by atoms with E-state index in [2.05, 4.69) is 0 Å². The lowest BCUT2D eigenvalue weighted by molar-refractivity contribution is 0.0920. The Bertz CT molecular complexity index is 411. The van der Waals surface area contributed by atoms with Gasteiger partial charge in [-0.05, 0) is 25.0 Å². The molecule has 3 N–H and O–H groups in total. The van der Waals surface area contributed by atoms with Crippen LogP contribution in [0.1, 0.15) is 12.5 Å². The highest BCUT2D eigenvalue weighted by atomic mass is 16.5. The van der Waals surface area contributed by atoms with Crippen LogP contribution in [0.25, 0.3) is 0 Å². The van der Waals surface area contributed by atoms with Crippen LogP contribution in [0.5, 0.6) is 5.75 Å². The van der Waals surface area contributed by atoms with Gasteiger partial charge in [0.25, 0.3) is 0 Å². The standard InChI is InChI=1S/C13H20N2O3/c1-9(8-17-2)18-12-4-3-10-5-11(14)7-15(16)13(10)6-12/h3-4,6,9,11,16H,5,7-8,14H2,1-2H3/t9-,11?/m0/s1. The second-order valence-corrected chi connectivity index (χ2v) is 4.72. The molecule has 5 nitrogen and oxygen atoms in total. The monoisotopic (exact) mass is 252 g/mol. The maximum Gasteiger partial charge on any atom is 0.122 e. The SMILES string of the molecule is COC[C@H](C)Oc1ccc2c(c1)N(O)CC(N)C2. The average molecular weight is 252 g/mol. The Hall–Kier alpha value is -1.30. The Morgan fingerprint density at radius 1 is 1.56 bits per heavy atom. The molecule has 0 saturated carbocycles. The zero-order chi connectivity index (χ0) is 13.1. The number of nitrogens with two attached hydrogens (primary N) is 1. The van der Waals surface area contributed by atoms with Crippen LogP contribution in [0.4, 0.5) is 5.69 Å². The lowest BCUT2D eigenvalue weighted by Crippen LogP contribution is -2.41. The van der Waals surface area contributed by atoms with Gasteiger partial charge in [-0.3, -0.25) is 10.3 Å². The van der Waals surface area contributed by atoms with E-state index in [0.717, 1.165) is 23.4 Å². The first-order valence-electron chi connectivity index (χ1n) is 6.10. The van der Waals surface area contributed by atoms with Gasteiger partial charge >= 0.3 is 0 Å². The number of hydroxylamine groups is 1. The van der Waals surface area contributed by atoms with E-state index in [9.17, 15) is 5.21 Å². The van der Waals surface area contributed by atoms with Gasteiger partial charge < -0.3 is 15.2 Å². The number of ether oxygens (including phenoxy) is 2. The maximum absolute atomic E-state index is 9.87. The number of hydrogen-bond acceptors (Lipinski definition) is 5. The van der Waals surface area contributed by atoms with Crippen molar-refractivity contribution in [1.82, 2.24) is 0 Å². The summed E-state index contributed by atoms with van der Waals surface area (Å²) >= 11 is 0. The fourth-order valence-corrected chi connectivity index (χ4v) is 2.20. The minimum absolute atomic E-state index is 0.0222. The number of benzene rings is 1. The van der Waals surface area contributed by atoms with Crippen molar-refractivity contribution in [2.75, 3.05) is 25.3 Å². The predicted octanol–water partition coefficient (Wildman–Crippen LogP) is 1.18. The molecule has 0 radical (unpaired) electrons. The Kier molecular flexibility index (Phi) is 4.06. The van der Waals surface area contributed by atoms with Gasteiger partial charge in [0, 0.05) is 19.2 Å². The summed E-state index contributed by atoms with van der Waals surface area (Å²) in [5.41, 5.74) is 7.67. The molecule has 0 aromatic heterocycles. The molecule has 1 aliphatic heterocycles. The summed E-state index contributed by atoms with van der Waals surface area (Å²) in [5.74, 6) is 0.729. The quantitative estimate of drug-likeness (QED) is 0.842. The van der Waals surface area contributed by atoms with Crippen molar-refractivity contribution in [3.8, 4) is 5.75 Å². The first-order chi connectivity index (χ1) is 8.60. The minimum Gasteiger partial charge on any atom is -0.488 e. The van der Waals surface area contributed by atoms with Crippen molar-refractivity contribution in [3.63, 3.8) is 0 Å². The first kappa shape index (κ1) is 13.1. The summed E-state index contributed by atoms with van der Waals surface area (Å²) in [6, 6.07) is 5.66. The van der Waals surface area contributed by atoms with Gasteiger partial charge in [-0.25, -0.2) is 0 Å². The molecule has 1 heterocycles. The van der Waals surface area contributed by atoms with Gasteiger partial charge in [-0.1, -0.05) is 6.07 Å². The van der Waals surface area contributed by atoms with Gasteiger partial charge in [0.05, 0.1) is 18.8 Å². The Morgan fingerprint density at radius 3 is 3.06 bits per heavy atom. The van der Waals surface area contributed by atoms with Gasteiger partial charge in [-0.15, -0.1) is 0 Å². The summed E-state index contributed by atoms with van der Waals surface area (Å²) in [6.07, 6.45) is 0.756. The molecule has 1 aromatic rings. The van der Waals surface area contributed by atoms with Gasteiger partial charge in [0.1, 0.15) is 11.9 Å². The van der Waals surface area contributed by atoms with Crippen LogP contribution < -0.4 is 15.5 Å². The molecule has 2 atom stereocenters. The van der Waals surface area contributed by atoms with Gasteiger partial charge in [0.15, 0.2) is 0 Å². The fraction of sp³-hybridized carbons (Fsp3) is 0.538. The highest BCUT2D eigenvalue weighted by Crippen LogP contribution is 2.29. The number of methoxy groups -OCH3 is 1. The van der Waals surface area contributed by atoms with E-state index in [4.69, 9.17) is 15.2 Å². The van der Waals surface area contributed by atoms with Crippen molar-refractivity contribution in [3.05, 3.63) is 23.8 Å². The van der Waals surface area contributed by atoms with Crippen LogP contribution in [0.3, 0.4) is 0 Å². The average Bonchev–Trinajstić information content (AvgIpc) is 2.30. The third kappa shape index (κ3) is 2.93. The summed E-state index contributed by atoms with van der Waals surface area (Å²) in [4.78, 5) is 0. The fourth-order valence-electron chi connectivity index (χ4n) is 2.20. The van der Waals surface area contributed by atoms with E-state index < -0.39 is 0 Å². The molecule has 0 bridgehead atoms. The van der Waals surface area contributed by atoms with Crippen molar-refractivity contribution in [2.45, 2.75) is 25.5 Å². The number of fused-ring (bicyclic) bond motifs is 1. The van der Waals surface area contributed by atoms with Crippen LogP contribution in [-0.2, 0) is 11.2 Å². The van der Waals surface area contributed by atoms with E-state index in [1.54, 1.807) is 7.11 Å². The van der Waals surface area contributed by atoms with Crippen LogP contribution in [0.2, 0.25) is 0 Å². The molecule has 0 aliphatic carbocycles. The molecule has 18 heavy (non-hydrogen) atoms. The maximum atomic E-state index is 9.87. The highest BCUT2D eigenvalue weighted by Gasteiger charge is 2.21. The molecule has 0 fully saturated rings. The van der Waals surface area contributed by atoms with E-state index in [1.807, 2.05) is 25.1 Å². The predicted molar refractivity (Wildman–Crippen MR) is 69.2 cm³/mol. The number of nitrogens with zero attached hydrogens (tertiary/aromatic N) is 1. The van der Waals surface area contributed by atoms with E-state index in [0.29, 0.717) is 13.2 Å². The summed E-state index contributed by atoms with van der Waals surface area (Å²) < 4.78 is 10.7. The Morgan fingerprint density at radius 2 is 2.33 bits per heavy atom. The molecule has 0 spiro atoms. The highest BCUT2D eigenvalue weighted by molar-refractivity contribution is 5.57. The molecule has 2 rings (SSSR count). The molecule has 1 unspecified atom stereocenters. The first-order valence-corrected chi connectivity index (χ1v) is 6.10. The smallest absolute Gasteiger partial charge is 0.122 e. The van der Waals surface area contributed by atoms with Crippen molar-refractivity contribution in [1.29, 1.82) is 0 Å². The lowest BCUT2D eigenvalue weighted by atomic mass is 10.00. The molecule has 100 valence electrons. The van der Waals surface area contributed by atoms with Crippen LogP contribution in [0, 0.1) is 0 Å². The zero-order valence-corrected chi connectivity index (χ0v) is 10.8. The van der Waals surface area contributed by atoms with Crippen molar-refractivity contribution in [2.24, 2.45) is 5.73 Å². The molecule has 0 amide bonds. The minimum atomic E-state index is -0.0262. The molecule has 5 heteroatoms. The number of anilines is 1. The summed E-state index contributed by atoms with van der Waals surface area (Å²) in [5, 5.41) is 11.1. The zero-order valence-electron chi connectivity index (χ0n) is 10.8. The van der Waals surface area contributed by atoms with Crippen molar-refractivity contribution < 1.29 is 14.7 Å². The number of hydrogen-bond donors (Lipinski definition) is 2. The normalized spacial score (nSPS) is 20.4. The molecule has 1 aliphatic rings. The Balaban J connectivity index is 2.14. The van der Waals surface area contributed by atoms with E-state index in [1.165, 1.54) is 5.06 Å². The Labute approximate surface area is 107 Å². The van der Waals surface area contributed by atoms with Crippen LogP contribution in [0.15, 0.2) is 18.2 Å². The third-order valence-corrected chi connectivity index (χ3v) is 2.96. The molecular weight excluding hydrogens is 232 g/mol. The van der Waals surface area contributed by atoms with E-state index >= 15 is 0 Å². The van der Waals surface area contributed by atoms with Crippen LogP contribution in [-0.4, -0.2) is 37.6 Å². The second kappa shape index (κ2) is 5.56. The van der Waals surface area contributed by atoms with Gasteiger partial charge in [-0.2, -0.15) is 0 Å². The molecular formula is C13H20N2O3.